The molecule has 3 heterocycles. The Balaban J connectivity index is 1.47. The lowest BCUT2D eigenvalue weighted by molar-refractivity contribution is 0.0950. The van der Waals surface area contributed by atoms with Gasteiger partial charge in [-0.25, -0.2) is 4.98 Å². The smallest absolute Gasteiger partial charge is 0.251 e. The van der Waals surface area contributed by atoms with E-state index in [1.54, 1.807) is 12.3 Å². The van der Waals surface area contributed by atoms with Crippen molar-refractivity contribution in [2.45, 2.75) is 33.4 Å². The minimum Gasteiger partial charge on any atom is -0.384 e. The van der Waals surface area contributed by atoms with E-state index < -0.39 is 0 Å². The molecule has 162 valence electrons. The van der Waals surface area contributed by atoms with Crippen LogP contribution >= 0.6 is 0 Å². The molecule has 0 saturated heterocycles. The second-order valence-electron chi connectivity index (χ2n) is 7.86. The second-order valence-corrected chi connectivity index (χ2v) is 7.86. The minimum absolute atomic E-state index is 0.152. The lowest BCUT2D eigenvalue weighted by atomic mass is 10.0. The van der Waals surface area contributed by atoms with E-state index in [-0.39, 0.29) is 5.91 Å². The summed E-state index contributed by atoms with van der Waals surface area (Å²) in [5.41, 5.74) is 18.5. The summed E-state index contributed by atoms with van der Waals surface area (Å²) in [4.78, 5) is 26.0. The molecule has 0 unspecified atom stereocenters. The molecule has 4 aromatic rings. The van der Waals surface area contributed by atoms with Crippen molar-refractivity contribution in [2.75, 3.05) is 5.73 Å². The molecule has 7 heteroatoms. The van der Waals surface area contributed by atoms with Crippen LogP contribution in [0.3, 0.4) is 0 Å². The molecular formula is C25H26N6O. The number of aryl methyl sites for hydroxylation is 2. The first-order valence-corrected chi connectivity index (χ1v) is 10.5. The van der Waals surface area contributed by atoms with E-state index in [4.69, 9.17) is 11.5 Å². The highest BCUT2D eigenvalue weighted by atomic mass is 16.1. The fraction of sp³-hybridized carbons (Fsp3) is 0.200. The van der Waals surface area contributed by atoms with Crippen molar-refractivity contribution in [3.05, 3.63) is 94.1 Å². The van der Waals surface area contributed by atoms with Crippen molar-refractivity contribution in [2.24, 2.45) is 5.73 Å². The van der Waals surface area contributed by atoms with Gasteiger partial charge in [-0.3, -0.25) is 14.8 Å². The van der Waals surface area contributed by atoms with E-state index in [1.807, 2.05) is 50.2 Å². The van der Waals surface area contributed by atoms with Crippen LogP contribution in [0.15, 0.2) is 54.7 Å². The maximum absolute atomic E-state index is 12.7. The first-order valence-electron chi connectivity index (χ1n) is 10.5. The number of anilines is 1. The molecule has 32 heavy (non-hydrogen) atoms. The molecule has 0 fully saturated rings. The number of aromatic nitrogens is 3. The average molecular weight is 427 g/mol. The largest absolute Gasteiger partial charge is 0.384 e. The number of hydrogen-bond donors (Lipinski definition) is 3. The predicted octanol–water partition coefficient (Wildman–Crippen LogP) is 3.20. The summed E-state index contributed by atoms with van der Waals surface area (Å²) >= 11 is 0. The Morgan fingerprint density at radius 1 is 1.00 bits per heavy atom. The van der Waals surface area contributed by atoms with Crippen LogP contribution in [-0.2, 0) is 19.5 Å². The number of nitrogens with two attached hydrogens (primary N) is 2. The van der Waals surface area contributed by atoms with Crippen LogP contribution in [0, 0.1) is 13.8 Å². The number of hydrogen-bond acceptors (Lipinski definition) is 6. The average Bonchev–Trinajstić information content (AvgIpc) is 2.78. The Labute approximate surface area is 186 Å². The fourth-order valence-electron chi connectivity index (χ4n) is 3.79. The van der Waals surface area contributed by atoms with Gasteiger partial charge in [0.25, 0.3) is 5.91 Å². The number of nitrogen functional groups attached to an aromatic ring is 1. The molecule has 4 rings (SSSR count). The zero-order valence-corrected chi connectivity index (χ0v) is 18.2. The van der Waals surface area contributed by atoms with Crippen molar-refractivity contribution in [1.82, 2.24) is 20.3 Å². The first kappa shape index (κ1) is 21.4. The monoisotopic (exact) mass is 426 g/mol. The van der Waals surface area contributed by atoms with Crippen LogP contribution in [0.1, 0.15) is 44.1 Å². The zero-order valence-electron chi connectivity index (χ0n) is 18.2. The van der Waals surface area contributed by atoms with Gasteiger partial charge < -0.3 is 16.8 Å². The Bertz CT molecular complexity index is 1280. The van der Waals surface area contributed by atoms with Crippen LogP contribution < -0.4 is 16.8 Å². The van der Waals surface area contributed by atoms with Gasteiger partial charge in [0.15, 0.2) is 0 Å². The lowest BCUT2D eigenvalue weighted by Gasteiger charge is -2.12. The topological polar surface area (TPSA) is 120 Å². The van der Waals surface area contributed by atoms with E-state index in [0.717, 1.165) is 44.7 Å². The first-order chi connectivity index (χ1) is 15.4. The molecule has 3 aromatic heterocycles. The number of benzene rings is 1. The number of fused-ring (bicyclic) bond motifs is 1. The van der Waals surface area contributed by atoms with Crippen molar-refractivity contribution < 1.29 is 4.79 Å². The fourth-order valence-corrected chi connectivity index (χ4v) is 3.79. The van der Waals surface area contributed by atoms with Gasteiger partial charge in [0.1, 0.15) is 5.82 Å². The highest BCUT2D eigenvalue weighted by molar-refractivity contribution is 5.94. The Hall–Kier alpha value is -3.84. The molecule has 0 aliphatic heterocycles. The standard InChI is InChI=1S/C25H26N6O/c1-15-9-24(27)30-16(2)22(15)14-29-25(32)19-7-8-28-21(12-19)11-17-3-6-23-18(10-17)4-5-20(13-26)31-23/h3-10,12H,11,13-14,26H2,1-2H3,(H2,27,30)(H,29,32). The molecule has 0 saturated carbocycles. The predicted molar refractivity (Wildman–Crippen MR) is 126 cm³/mol. The van der Waals surface area contributed by atoms with Crippen LogP contribution in [0.25, 0.3) is 10.9 Å². The molecule has 0 aliphatic carbocycles. The third-order valence-electron chi connectivity index (χ3n) is 5.48. The molecule has 0 aliphatic rings. The summed E-state index contributed by atoms with van der Waals surface area (Å²) in [6.07, 6.45) is 2.29. The summed E-state index contributed by atoms with van der Waals surface area (Å²) in [6.45, 7) is 4.67. The summed E-state index contributed by atoms with van der Waals surface area (Å²) in [7, 11) is 0. The van der Waals surface area contributed by atoms with E-state index in [0.29, 0.717) is 30.9 Å². The second kappa shape index (κ2) is 9.11. The Morgan fingerprint density at radius 2 is 1.84 bits per heavy atom. The highest BCUT2D eigenvalue weighted by Gasteiger charge is 2.11. The van der Waals surface area contributed by atoms with Gasteiger partial charge in [-0.2, -0.15) is 0 Å². The van der Waals surface area contributed by atoms with Crippen LogP contribution in [0.5, 0.6) is 0 Å². The zero-order chi connectivity index (χ0) is 22.7. The van der Waals surface area contributed by atoms with Crippen LogP contribution in [0.2, 0.25) is 0 Å². The third-order valence-corrected chi connectivity index (χ3v) is 5.48. The van der Waals surface area contributed by atoms with Gasteiger partial charge in [0.2, 0.25) is 0 Å². The molecule has 1 aromatic carbocycles. The van der Waals surface area contributed by atoms with Crippen molar-refractivity contribution >= 4 is 22.6 Å². The highest BCUT2D eigenvalue weighted by Crippen LogP contribution is 2.18. The molecule has 7 nitrogen and oxygen atoms in total. The molecule has 0 spiro atoms. The number of carbonyl (C=O) groups is 1. The van der Waals surface area contributed by atoms with Crippen molar-refractivity contribution in [3.8, 4) is 0 Å². The van der Waals surface area contributed by atoms with Gasteiger partial charge in [0.05, 0.1) is 11.2 Å². The number of carbonyl (C=O) groups excluding carboxylic acids is 1. The van der Waals surface area contributed by atoms with E-state index in [9.17, 15) is 4.79 Å². The number of pyridine rings is 3. The SMILES string of the molecule is Cc1cc(N)nc(C)c1CNC(=O)c1ccnc(Cc2ccc3nc(CN)ccc3c2)c1. The van der Waals surface area contributed by atoms with Gasteiger partial charge in [0, 0.05) is 48.0 Å². The van der Waals surface area contributed by atoms with Gasteiger partial charge >= 0.3 is 0 Å². The van der Waals surface area contributed by atoms with Crippen LogP contribution in [0.4, 0.5) is 5.82 Å². The normalized spacial score (nSPS) is 11.0. The van der Waals surface area contributed by atoms with Gasteiger partial charge in [-0.15, -0.1) is 0 Å². The molecule has 1 amide bonds. The molecule has 0 radical (unpaired) electrons. The van der Waals surface area contributed by atoms with Gasteiger partial charge in [-0.05, 0) is 66.9 Å². The summed E-state index contributed by atoms with van der Waals surface area (Å²) in [6, 6.07) is 15.5. The number of rotatable bonds is 6. The lowest BCUT2D eigenvalue weighted by Crippen LogP contribution is -2.24. The number of nitrogens with one attached hydrogen (secondary N) is 1. The summed E-state index contributed by atoms with van der Waals surface area (Å²) < 4.78 is 0. The Morgan fingerprint density at radius 3 is 2.62 bits per heavy atom. The van der Waals surface area contributed by atoms with Crippen molar-refractivity contribution in [3.63, 3.8) is 0 Å². The summed E-state index contributed by atoms with van der Waals surface area (Å²) in [5.74, 6) is 0.333. The van der Waals surface area contributed by atoms with E-state index in [2.05, 4.69) is 26.3 Å². The summed E-state index contributed by atoms with van der Waals surface area (Å²) in [5, 5.41) is 4.03. The van der Waals surface area contributed by atoms with E-state index >= 15 is 0 Å². The van der Waals surface area contributed by atoms with E-state index in [1.165, 1.54) is 0 Å². The van der Waals surface area contributed by atoms with Gasteiger partial charge in [-0.1, -0.05) is 12.1 Å². The van der Waals surface area contributed by atoms with Crippen molar-refractivity contribution in [1.29, 1.82) is 0 Å². The number of amides is 1. The quantitative estimate of drug-likeness (QED) is 0.435. The minimum atomic E-state index is -0.152. The Kier molecular flexibility index (Phi) is 6.09. The third kappa shape index (κ3) is 4.73. The number of nitrogens with zero attached hydrogens (tertiary/aromatic N) is 3. The maximum Gasteiger partial charge on any atom is 0.251 e. The molecule has 5 N–H and O–H groups in total. The molecule has 0 bridgehead atoms. The van der Waals surface area contributed by atoms with Crippen LogP contribution in [-0.4, -0.2) is 20.9 Å². The molecular weight excluding hydrogens is 400 g/mol. The molecule has 0 atom stereocenters. The maximum atomic E-state index is 12.7.